The van der Waals surface area contributed by atoms with Crippen LogP contribution in [0.2, 0.25) is 0 Å². The topological polar surface area (TPSA) is 86.7 Å². The number of hydrazine groups is 1. The number of hydrogen-bond acceptors (Lipinski definition) is 3. The molecule has 1 aromatic rings. The number of benzene rings is 1. The van der Waals surface area contributed by atoms with Gasteiger partial charge in [-0.2, -0.15) is 0 Å². The minimum Gasteiger partial charge on any atom is -0.480 e. The largest absolute Gasteiger partial charge is 0.480 e. The van der Waals surface area contributed by atoms with E-state index in [0.717, 1.165) is 10.6 Å². The first-order valence-electron chi connectivity index (χ1n) is 8.73. The minimum absolute atomic E-state index is 0.0826. The zero-order chi connectivity index (χ0) is 18.8. The van der Waals surface area contributed by atoms with Gasteiger partial charge in [0, 0.05) is 12.8 Å². The van der Waals surface area contributed by atoms with Gasteiger partial charge in [0.2, 0.25) is 11.8 Å². The maximum absolute atomic E-state index is 12.3. The van der Waals surface area contributed by atoms with Crippen molar-refractivity contribution in [2.75, 3.05) is 0 Å². The van der Waals surface area contributed by atoms with Gasteiger partial charge in [-0.1, -0.05) is 51.1 Å². The lowest BCUT2D eigenvalue weighted by molar-refractivity contribution is -0.156. The van der Waals surface area contributed by atoms with Crippen LogP contribution in [-0.2, 0) is 20.8 Å². The Hall–Kier alpha value is -2.37. The number of carboxylic acid groups (broad SMARTS) is 1. The summed E-state index contributed by atoms with van der Waals surface area (Å²) in [5.74, 6) is -1.76. The Kier molecular flexibility index (Phi) is 8.67. The summed E-state index contributed by atoms with van der Waals surface area (Å²) >= 11 is 0. The summed E-state index contributed by atoms with van der Waals surface area (Å²) in [4.78, 5) is 36.2. The standard InChI is InChI=1S/C19H28N2O4/c1-4-8-18(23)21(16(19(24)25)13-14(2)3)20-17(22)12-11-15-9-6-5-7-10-15/h5-7,9-10,14,16H,4,8,11-13H2,1-3H3,(H,20,22)(H,24,25). The zero-order valence-electron chi connectivity index (χ0n) is 15.2. The molecule has 1 atom stereocenters. The number of nitrogens with one attached hydrogen (secondary N) is 1. The Balaban J connectivity index is 2.79. The summed E-state index contributed by atoms with van der Waals surface area (Å²) in [6, 6.07) is 8.48. The molecule has 0 saturated heterocycles. The molecule has 1 aromatic carbocycles. The summed E-state index contributed by atoms with van der Waals surface area (Å²) in [6.45, 7) is 5.61. The summed E-state index contributed by atoms with van der Waals surface area (Å²) in [7, 11) is 0. The zero-order valence-corrected chi connectivity index (χ0v) is 15.2. The Morgan fingerprint density at radius 3 is 2.28 bits per heavy atom. The van der Waals surface area contributed by atoms with Crippen molar-refractivity contribution >= 4 is 17.8 Å². The van der Waals surface area contributed by atoms with Gasteiger partial charge < -0.3 is 5.11 Å². The summed E-state index contributed by atoms with van der Waals surface area (Å²) in [5.41, 5.74) is 3.54. The van der Waals surface area contributed by atoms with Crippen molar-refractivity contribution in [2.45, 2.75) is 58.9 Å². The molecule has 0 bridgehead atoms. The van der Waals surface area contributed by atoms with Crippen molar-refractivity contribution in [3.05, 3.63) is 35.9 Å². The van der Waals surface area contributed by atoms with E-state index in [4.69, 9.17) is 0 Å². The lowest BCUT2D eigenvalue weighted by Gasteiger charge is -2.30. The van der Waals surface area contributed by atoms with Crippen LogP contribution >= 0.6 is 0 Å². The molecular formula is C19H28N2O4. The van der Waals surface area contributed by atoms with E-state index in [1.54, 1.807) is 0 Å². The van der Waals surface area contributed by atoms with Gasteiger partial charge in [-0.05, 0) is 30.7 Å². The third kappa shape index (κ3) is 7.37. The lowest BCUT2D eigenvalue weighted by atomic mass is 10.0. The average molecular weight is 348 g/mol. The quantitative estimate of drug-likeness (QED) is 0.672. The summed E-state index contributed by atoms with van der Waals surface area (Å²) in [6.07, 6.45) is 1.78. The molecule has 0 fully saturated rings. The van der Waals surface area contributed by atoms with E-state index in [1.165, 1.54) is 0 Å². The van der Waals surface area contributed by atoms with Crippen molar-refractivity contribution in [1.29, 1.82) is 0 Å². The SMILES string of the molecule is CCCC(=O)N(NC(=O)CCc1ccccc1)C(CC(C)C)C(=O)O. The fourth-order valence-electron chi connectivity index (χ4n) is 2.50. The third-order valence-corrected chi connectivity index (χ3v) is 3.75. The van der Waals surface area contributed by atoms with Gasteiger partial charge in [-0.25, -0.2) is 9.80 Å². The number of rotatable bonds is 9. The monoisotopic (exact) mass is 348 g/mol. The molecule has 0 aromatic heterocycles. The van der Waals surface area contributed by atoms with E-state index in [-0.39, 0.29) is 37.0 Å². The normalized spacial score (nSPS) is 11.8. The molecular weight excluding hydrogens is 320 g/mol. The van der Waals surface area contributed by atoms with Crippen LogP contribution < -0.4 is 5.43 Å². The third-order valence-electron chi connectivity index (χ3n) is 3.75. The second-order valence-electron chi connectivity index (χ2n) is 6.52. The molecule has 2 amide bonds. The van der Waals surface area contributed by atoms with Gasteiger partial charge in [-0.3, -0.25) is 15.0 Å². The highest BCUT2D eigenvalue weighted by molar-refractivity contribution is 5.86. The Morgan fingerprint density at radius 2 is 1.76 bits per heavy atom. The van der Waals surface area contributed by atoms with Gasteiger partial charge in [0.1, 0.15) is 0 Å². The number of hydrogen-bond donors (Lipinski definition) is 2. The molecule has 0 spiro atoms. The number of carboxylic acids is 1. The van der Waals surface area contributed by atoms with Crippen molar-refractivity contribution in [3.8, 4) is 0 Å². The molecule has 1 unspecified atom stereocenters. The van der Waals surface area contributed by atoms with Crippen LogP contribution in [0.15, 0.2) is 30.3 Å². The second-order valence-corrected chi connectivity index (χ2v) is 6.52. The molecule has 138 valence electrons. The second kappa shape index (κ2) is 10.5. The van der Waals surface area contributed by atoms with Crippen molar-refractivity contribution in [3.63, 3.8) is 0 Å². The highest BCUT2D eigenvalue weighted by atomic mass is 16.4. The first-order valence-corrected chi connectivity index (χ1v) is 8.73. The van der Waals surface area contributed by atoms with E-state index in [9.17, 15) is 19.5 Å². The number of nitrogens with zero attached hydrogens (tertiary/aromatic N) is 1. The van der Waals surface area contributed by atoms with Gasteiger partial charge in [0.05, 0.1) is 0 Å². The fourth-order valence-corrected chi connectivity index (χ4v) is 2.50. The van der Waals surface area contributed by atoms with Crippen LogP contribution in [0.25, 0.3) is 0 Å². The maximum atomic E-state index is 12.3. The van der Waals surface area contributed by atoms with Gasteiger partial charge in [0.15, 0.2) is 6.04 Å². The number of aliphatic carboxylic acids is 1. The van der Waals surface area contributed by atoms with Gasteiger partial charge in [-0.15, -0.1) is 0 Å². The molecule has 0 aliphatic rings. The first kappa shape index (κ1) is 20.7. The van der Waals surface area contributed by atoms with Crippen LogP contribution in [0.1, 0.15) is 52.0 Å². The van der Waals surface area contributed by atoms with E-state index >= 15 is 0 Å². The average Bonchev–Trinajstić information content (AvgIpc) is 2.56. The molecule has 6 nitrogen and oxygen atoms in total. The van der Waals surface area contributed by atoms with Crippen LogP contribution in [-0.4, -0.2) is 33.9 Å². The fraction of sp³-hybridized carbons (Fsp3) is 0.526. The molecule has 25 heavy (non-hydrogen) atoms. The van der Waals surface area contributed by atoms with Crippen LogP contribution in [0.5, 0.6) is 0 Å². The van der Waals surface area contributed by atoms with Crippen molar-refractivity contribution in [2.24, 2.45) is 5.92 Å². The molecule has 0 aliphatic carbocycles. The number of aryl methyl sites for hydroxylation is 1. The molecule has 0 radical (unpaired) electrons. The molecule has 0 heterocycles. The Labute approximate surface area is 149 Å². The molecule has 2 N–H and O–H groups in total. The molecule has 0 saturated carbocycles. The van der Waals surface area contributed by atoms with Gasteiger partial charge in [0.25, 0.3) is 0 Å². The predicted molar refractivity (Wildman–Crippen MR) is 95.5 cm³/mol. The maximum Gasteiger partial charge on any atom is 0.328 e. The Morgan fingerprint density at radius 1 is 1.12 bits per heavy atom. The van der Waals surface area contributed by atoms with E-state index in [2.05, 4.69) is 5.43 Å². The van der Waals surface area contributed by atoms with Crippen LogP contribution in [0.4, 0.5) is 0 Å². The van der Waals surface area contributed by atoms with E-state index in [0.29, 0.717) is 12.8 Å². The van der Waals surface area contributed by atoms with Crippen molar-refractivity contribution < 1.29 is 19.5 Å². The summed E-state index contributed by atoms with van der Waals surface area (Å²) < 4.78 is 0. The summed E-state index contributed by atoms with van der Waals surface area (Å²) in [5, 5.41) is 10.5. The van der Waals surface area contributed by atoms with Crippen molar-refractivity contribution in [1.82, 2.24) is 10.4 Å². The molecule has 6 heteroatoms. The highest BCUT2D eigenvalue weighted by Crippen LogP contribution is 2.13. The van der Waals surface area contributed by atoms with E-state index < -0.39 is 12.0 Å². The number of carbonyl (C=O) groups is 3. The predicted octanol–water partition coefficient (Wildman–Crippen LogP) is 2.78. The lowest BCUT2D eigenvalue weighted by Crippen LogP contribution is -2.55. The van der Waals surface area contributed by atoms with Crippen LogP contribution in [0.3, 0.4) is 0 Å². The number of amides is 2. The van der Waals surface area contributed by atoms with Gasteiger partial charge >= 0.3 is 5.97 Å². The molecule has 0 aliphatic heterocycles. The highest BCUT2D eigenvalue weighted by Gasteiger charge is 2.31. The van der Waals surface area contributed by atoms with E-state index in [1.807, 2.05) is 51.1 Å². The first-order chi connectivity index (χ1) is 11.8. The smallest absolute Gasteiger partial charge is 0.328 e. The number of carbonyl (C=O) groups excluding carboxylic acids is 2. The molecule has 1 rings (SSSR count). The van der Waals surface area contributed by atoms with Crippen LogP contribution in [0, 0.1) is 5.92 Å². The Bertz CT molecular complexity index is 572. The minimum atomic E-state index is -1.11.